The van der Waals surface area contributed by atoms with E-state index >= 15 is 0 Å². The minimum atomic E-state index is 0.164. The van der Waals surface area contributed by atoms with Crippen molar-refractivity contribution in [3.05, 3.63) is 45.4 Å². The number of aromatic nitrogens is 2. The molecular weight excluding hydrogens is 288 g/mol. The van der Waals surface area contributed by atoms with Crippen LogP contribution in [-0.4, -0.2) is 16.0 Å². The van der Waals surface area contributed by atoms with Crippen molar-refractivity contribution in [1.82, 2.24) is 15.4 Å². The highest BCUT2D eigenvalue weighted by Gasteiger charge is 2.13. The topological polar surface area (TPSA) is 63.8 Å². The zero-order valence-electron chi connectivity index (χ0n) is 11.2. The van der Waals surface area contributed by atoms with Crippen LogP contribution >= 0.6 is 22.7 Å². The summed E-state index contributed by atoms with van der Waals surface area (Å²) in [5.74, 6) is 5.67. The van der Waals surface area contributed by atoms with Gasteiger partial charge in [0.2, 0.25) is 0 Å². The largest absolute Gasteiger partial charge is 0.271 e. The minimum absolute atomic E-state index is 0.164. The Morgan fingerprint density at radius 3 is 2.80 bits per heavy atom. The minimum Gasteiger partial charge on any atom is -0.271 e. The first-order valence-electron chi connectivity index (χ1n) is 6.46. The molecule has 0 amide bonds. The van der Waals surface area contributed by atoms with Gasteiger partial charge in [0.1, 0.15) is 0 Å². The third-order valence-corrected chi connectivity index (χ3v) is 5.00. The molecule has 0 spiro atoms. The number of nitrogens with zero attached hydrogens (tertiary/aromatic N) is 2. The van der Waals surface area contributed by atoms with Gasteiger partial charge >= 0.3 is 0 Å². The fraction of sp³-hybridized carbons (Fsp3) is 0.286. The van der Waals surface area contributed by atoms with Gasteiger partial charge in [-0.25, -0.2) is 9.97 Å². The molecule has 1 atom stereocenters. The summed E-state index contributed by atoms with van der Waals surface area (Å²) in [5, 5.41) is 4.30. The van der Waals surface area contributed by atoms with Crippen molar-refractivity contribution >= 4 is 32.9 Å². The van der Waals surface area contributed by atoms with Crippen molar-refractivity contribution in [3.63, 3.8) is 0 Å². The van der Waals surface area contributed by atoms with Gasteiger partial charge in [-0.1, -0.05) is 12.1 Å². The van der Waals surface area contributed by atoms with E-state index in [2.05, 4.69) is 26.8 Å². The first-order chi connectivity index (χ1) is 9.74. The number of hydrogen-bond donors (Lipinski definition) is 2. The number of benzene rings is 1. The predicted octanol–water partition coefficient (Wildman–Crippen LogP) is 2.68. The van der Waals surface area contributed by atoms with E-state index in [4.69, 9.17) is 5.84 Å². The van der Waals surface area contributed by atoms with Crippen LogP contribution in [0.25, 0.3) is 10.2 Å². The lowest BCUT2D eigenvalue weighted by Gasteiger charge is -2.12. The summed E-state index contributed by atoms with van der Waals surface area (Å²) in [5.41, 5.74) is 5.04. The molecular formula is C14H16N4S2. The second-order valence-corrected chi connectivity index (χ2v) is 6.88. The molecule has 6 heteroatoms. The molecule has 0 aliphatic carbocycles. The normalized spacial score (nSPS) is 12.9. The van der Waals surface area contributed by atoms with Crippen LogP contribution in [0.2, 0.25) is 0 Å². The van der Waals surface area contributed by atoms with Crippen LogP contribution in [0.3, 0.4) is 0 Å². The average Bonchev–Trinajstić information content (AvgIpc) is 3.03. The zero-order chi connectivity index (χ0) is 13.9. The Bertz CT molecular complexity index is 671. The van der Waals surface area contributed by atoms with Gasteiger partial charge in [-0.2, -0.15) is 0 Å². The highest BCUT2D eigenvalue weighted by Crippen LogP contribution is 2.23. The molecule has 0 bridgehead atoms. The second kappa shape index (κ2) is 5.97. The van der Waals surface area contributed by atoms with Gasteiger partial charge in [0, 0.05) is 24.3 Å². The zero-order valence-corrected chi connectivity index (χ0v) is 12.8. The summed E-state index contributed by atoms with van der Waals surface area (Å²) >= 11 is 3.41. The predicted molar refractivity (Wildman–Crippen MR) is 85.0 cm³/mol. The first-order valence-corrected chi connectivity index (χ1v) is 8.16. The molecule has 3 N–H and O–H groups in total. The number of hydrogen-bond acceptors (Lipinski definition) is 6. The molecule has 0 aliphatic rings. The van der Waals surface area contributed by atoms with Crippen molar-refractivity contribution < 1.29 is 0 Å². The standard InChI is InChI=1S/C14H16N4S2/c1-9-16-11(8-19-9)6-10(18-15)7-14-17-12-4-2-3-5-13(12)20-14/h2-5,8,10,18H,6-7,15H2,1H3. The Morgan fingerprint density at radius 2 is 2.10 bits per heavy atom. The van der Waals surface area contributed by atoms with Gasteiger partial charge in [0.25, 0.3) is 0 Å². The van der Waals surface area contributed by atoms with Gasteiger partial charge in [0.05, 0.1) is 25.9 Å². The van der Waals surface area contributed by atoms with Crippen LogP contribution in [0.15, 0.2) is 29.6 Å². The molecule has 20 heavy (non-hydrogen) atoms. The Hall–Kier alpha value is -1.34. The molecule has 0 saturated heterocycles. The van der Waals surface area contributed by atoms with E-state index in [9.17, 15) is 0 Å². The van der Waals surface area contributed by atoms with Crippen molar-refractivity contribution in [2.45, 2.75) is 25.8 Å². The number of thiazole rings is 2. The number of hydrazine groups is 1. The molecule has 0 saturated carbocycles. The third-order valence-electron chi connectivity index (χ3n) is 3.12. The lowest BCUT2D eigenvalue weighted by atomic mass is 10.1. The molecule has 1 aromatic carbocycles. The number of rotatable bonds is 5. The van der Waals surface area contributed by atoms with Crippen molar-refractivity contribution in [1.29, 1.82) is 0 Å². The first kappa shape index (κ1) is 13.6. The average molecular weight is 304 g/mol. The Labute approximate surface area is 125 Å². The van der Waals surface area contributed by atoms with Gasteiger partial charge in [-0.15, -0.1) is 22.7 Å². The number of fused-ring (bicyclic) bond motifs is 1. The highest BCUT2D eigenvalue weighted by molar-refractivity contribution is 7.18. The van der Waals surface area contributed by atoms with E-state index in [-0.39, 0.29) is 6.04 Å². The molecule has 0 fully saturated rings. The second-order valence-electron chi connectivity index (χ2n) is 4.71. The molecule has 0 aliphatic heterocycles. The Kier molecular flexibility index (Phi) is 4.07. The highest BCUT2D eigenvalue weighted by atomic mass is 32.1. The summed E-state index contributed by atoms with van der Waals surface area (Å²) in [6, 6.07) is 8.37. The lowest BCUT2D eigenvalue weighted by Crippen LogP contribution is -2.38. The van der Waals surface area contributed by atoms with E-state index in [1.807, 2.05) is 25.1 Å². The summed E-state index contributed by atoms with van der Waals surface area (Å²) in [4.78, 5) is 9.14. The number of nitrogens with two attached hydrogens (primary N) is 1. The molecule has 2 heterocycles. The lowest BCUT2D eigenvalue weighted by molar-refractivity contribution is 0.517. The van der Waals surface area contributed by atoms with Gasteiger partial charge in [0.15, 0.2) is 0 Å². The summed E-state index contributed by atoms with van der Waals surface area (Å²) in [6.07, 6.45) is 1.66. The van der Waals surface area contributed by atoms with Crippen LogP contribution in [0, 0.1) is 6.92 Å². The molecule has 104 valence electrons. The van der Waals surface area contributed by atoms with Crippen LogP contribution in [0.4, 0.5) is 0 Å². The maximum absolute atomic E-state index is 5.67. The van der Waals surface area contributed by atoms with E-state index in [1.165, 1.54) is 4.70 Å². The third kappa shape index (κ3) is 3.04. The SMILES string of the molecule is Cc1nc(CC(Cc2nc3ccccc3s2)NN)cs1. The maximum Gasteiger partial charge on any atom is 0.0954 e. The summed E-state index contributed by atoms with van der Waals surface area (Å²) in [7, 11) is 0. The summed E-state index contributed by atoms with van der Waals surface area (Å²) in [6.45, 7) is 2.02. The van der Waals surface area contributed by atoms with Gasteiger partial charge in [-0.3, -0.25) is 11.3 Å². The van der Waals surface area contributed by atoms with E-state index in [0.717, 1.165) is 34.1 Å². The van der Waals surface area contributed by atoms with Gasteiger partial charge in [-0.05, 0) is 19.1 Å². The quantitative estimate of drug-likeness (QED) is 0.562. The Balaban J connectivity index is 1.73. The monoisotopic (exact) mass is 304 g/mol. The van der Waals surface area contributed by atoms with Crippen LogP contribution in [0.5, 0.6) is 0 Å². The molecule has 3 aromatic rings. The van der Waals surface area contributed by atoms with E-state index < -0.39 is 0 Å². The van der Waals surface area contributed by atoms with E-state index in [0.29, 0.717) is 0 Å². The van der Waals surface area contributed by atoms with Crippen LogP contribution < -0.4 is 11.3 Å². The number of para-hydroxylation sites is 1. The molecule has 1 unspecified atom stereocenters. The molecule has 4 nitrogen and oxygen atoms in total. The smallest absolute Gasteiger partial charge is 0.0954 e. The number of nitrogens with one attached hydrogen (secondary N) is 1. The van der Waals surface area contributed by atoms with Crippen molar-refractivity contribution in [2.75, 3.05) is 0 Å². The van der Waals surface area contributed by atoms with Crippen molar-refractivity contribution in [3.8, 4) is 0 Å². The molecule has 2 aromatic heterocycles. The molecule has 3 rings (SSSR count). The fourth-order valence-corrected chi connectivity index (χ4v) is 3.84. The maximum atomic E-state index is 5.67. The number of aryl methyl sites for hydroxylation is 1. The van der Waals surface area contributed by atoms with Gasteiger partial charge < -0.3 is 0 Å². The summed E-state index contributed by atoms with van der Waals surface area (Å²) < 4.78 is 1.22. The van der Waals surface area contributed by atoms with Crippen molar-refractivity contribution in [2.24, 2.45) is 5.84 Å². The fourth-order valence-electron chi connectivity index (χ4n) is 2.16. The Morgan fingerprint density at radius 1 is 1.25 bits per heavy atom. The van der Waals surface area contributed by atoms with E-state index in [1.54, 1.807) is 22.7 Å². The molecule has 0 radical (unpaired) electrons. The van der Waals surface area contributed by atoms with Crippen LogP contribution in [-0.2, 0) is 12.8 Å². The van der Waals surface area contributed by atoms with Crippen LogP contribution in [0.1, 0.15) is 15.7 Å².